The average molecular weight is 261 g/mol. The molecule has 0 atom stereocenters. The van der Waals surface area contributed by atoms with Gasteiger partial charge in [0.25, 0.3) is 5.91 Å². The number of rotatable bonds is 5. The summed E-state index contributed by atoms with van der Waals surface area (Å²) in [5, 5.41) is 20.5. The van der Waals surface area contributed by atoms with Gasteiger partial charge in [-0.1, -0.05) is 32.0 Å². The zero-order chi connectivity index (χ0) is 13.9. The maximum Gasteiger partial charge on any atom is 0.272 e. The summed E-state index contributed by atoms with van der Waals surface area (Å²) in [7, 11) is 0. The summed E-state index contributed by atoms with van der Waals surface area (Å²) in [6, 6.07) is 7.46. The number of hydrogen-bond donors (Lipinski definition) is 3. The number of carbonyl (C=O) groups is 1. The van der Waals surface area contributed by atoms with Crippen LogP contribution < -0.4 is 5.32 Å². The number of aliphatic hydroxyl groups is 1. The van der Waals surface area contributed by atoms with Gasteiger partial charge in [-0.05, 0) is 18.9 Å². The second-order valence-corrected chi connectivity index (χ2v) is 4.73. The minimum absolute atomic E-state index is 0.236. The molecule has 2 rings (SSSR count). The fourth-order valence-electron chi connectivity index (χ4n) is 1.97. The largest absolute Gasteiger partial charge is 0.388 e. The number of carbonyl (C=O) groups excluding carboxylic acids is 1. The van der Waals surface area contributed by atoms with E-state index < -0.39 is 5.60 Å². The molecule has 19 heavy (non-hydrogen) atoms. The van der Waals surface area contributed by atoms with Crippen LogP contribution in [0.5, 0.6) is 0 Å². The Balaban J connectivity index is 2.12. The van der Waals surface area contributed by atoms with Crippen molar-refractivity contribution in [3.05, 3.63) is 30.0 Å². The minimum atomic E-state index is -0.845. The molecule has 1 amide bonds. The molecule has 3 N–H and O–H groups in total. The second-order valence-electron chi connectivity index (χ2n) is 4.73. The molecule has 1 aromatic carbocycles. The topological polar surface area (TPSA) is 78.0 Å². The number of benzene rings is 1. The van der Waals surface area contributed by atoms with E-state index in [1.807, 2.05) is 38.1 Å². The third kappa shape index (κ3) is 2.76. The molecule has 0 saturated heterocycles. The number of fused-ring (bicyclic) bond motifs is 1. The number of nitrogens with one attached hydrogen (secondary N) is 2. The molecule has 0 aliphatic carbocycles. The van der Waals surface area contributed by atoms with Crippen LogP contribution in [0.4, 0.5) is 0 Å². The molecule has 2 aromatic rings. The highest BCUT2D eigenvalue weighted by Crippen LogP contribution is 2.16. The number of aromatic nitrogens is 2. The van der Waals surface area contributed by atoms with Crippen LogP contribution in [0.3, 0.4) is 0 Å². The van der Waals surface area contributed by atoms with E-state index >= 15 is 0 Å². The Kier molecular flexibility index (Phi) is 3.85. The molecule has 0 aliphatic rings. The van der Waals surface area contributed by atoms with Gasteiger partial charge < -0.3 is 10.4 Å². The maximum absolute atomic E-state index is 12.1. The van der Waals surface area contributed by atoms with Gasteiger partial charge in [-0.3, -0.25) is 9.89 Å². The lowest BCUT2D eigenvalue weighted by molar-refractivity contribution is 0.0313. The SMILES string of the molecule is CCC(O)(CC)CNC(=O)c1n[nH]c2ccccc12. The molecule has 0 fully saturated rings. The fourth-order valence-corrected chi connectivity index (χ4v) is 1.97. The summed E-state index contributed by atoms with van der Waals surface area (Å²) in [6.45, 7) is 4.04. The van der Waals surface area contributed by atoms with E-state index in [9.17, 15) is 9.90 Å². The van der Waals surface area contributed by atoms with Crippen LogP contribution in [0.15, 0.2) is 24.3 Å². The average Bonchev–Trinajstić information content (AvgIpc) is 2.88. The third-order valence-corrected chi connectivity index (χ3v) is 3.58. The Morgan fingerprint density at radius 1 is 1.37 bits per heavy atom. The maximum atomic E-state index is 12.1. The number of nitrogens with zero attached hydrogens (tertiary/aromatic N) is 1. The van der Waals surface area contributed by atoms with Crippen molar-refractivity contribution in [3.63, 3.8) is 0 Å². The number of para-hydroxylation sites is 1. The van der Waals surface area contributed by atoms with Crippen molar-refractivity contribution in [1.29, 1.82) is 0 Å². The molecule has 1 aromatic heterocycles. The van der Waals surface area contributed by atoms with Crippen molar-refractivity contribution in [2.45, 2.75) is 32.3 Å². The lowest BCUT2D eigenvalue weighted by Gasteiger charge is -2.25. The molecule has 5 nitrogen and oxygen atoms in total. The molecule has 5 heteroatoms. The monoisotopic (exact) mass is 261 g/mol. The number of hydrogen-bond acceptors (Lipinski definition) is 3. The van der Waals surface area contributed by atoms with Gasteiger partial charge in [-0.15, -0.1) is 0 Å². The van der Waals surface area contributed by atoms with Crippen LogP contribution in [0.1, 0.15) is 37.2 Å². The lowest BCUT2D eigenvalue weighted by Crippen LogP contribution is -2.42. The summed E-state index contributed by atoms with van der Waals surface area (Å²) in [6.07, 6.45) is 1.20. The highest BCUT2D eigenvalue weighted by Gasteiger charge is 2.24. The predicted molar refractivity (Wildman–Crippen MR) is 74.0 cm³/mol. The standard InChI is InChI=1S/C14H19N3O2/c1-3-14(19,4-2)9-15-13(18)12-10-7-5-6-8-11(10)16-17-12/h5-8,19H,3-4,9H2,1-2H3,(H,15,18)(H,16,17). The van der Waals surface area contributed by atoms with Crippen molar-refractivity contribution < 1.29 is 9.90 Å². The second kappa shape index (κ2) is 5.40. The molecule has 0 unspecified atom stereocenters. The first-order chi connectivity index (χ1) is 9.09. The molecule has 0 saturated carbocycles. The van der Waals surface area contributed by atoms with Crippen LogP contribution in [0.25, 0.3) is 10.9 Å². The highest BCUT2D eigenvalue weighted by atomic mass is 16.3. The van der Waals surface area contributed by atoms with Gasteiger partial charge in [0.05, 0.1) is 11.1 Å². The molecule has 0 radical (unpaired) electrons. The number of aromatic amines is 1. The van der Waals surface area contributed by atoms with E-state index in [2.05, 4.69) is 15.5 Å². The molecule has 102 valence electrons. The molecule has 0 spiro atoms. The van der Waals surface area contributed by atoms with E-state index in [1.54, 1.807) is 0 Å². The van der Waals surface area contributed by atoms with Gasteiger partial charge >= 0.3 is 0 Å². The van der Waals surface area contributed by atoms with E-state index in [-0.39, 0.29) is 12.5 Å². The van der Waals surface area contributed by atoms with E-state index in [1.165, 1.54) is 0 Å². The minimum Gasteiger partial charge on any atom is -0.388 e. The lowest BCUT2D eigenvalue weighted by atomic mass is 9.97. The van der Waals surface area contributed by atoms with Gasteiger partial charge in [0, 0.05) is 11.9 Å². The van der Waals surface area contributed by atoms with Crippen molar-refractivity contribution in [2.75, 3.05) is 6.54 Å². The normalized spacial score (nSPS) is 11.7. The molecular formula is C14H19N3O2. The van der Waals surface area contributed by atoms with Gasteiger partial charge in [-0.2, -0.15) is 5.10 Å². The van der Waals surface area contributed by atoms with Gasteiger partial charge in [-0.25, -0.2) is 0 Å². The van der Waals surface area contributed by atoms with Crippen LogP contribution >= 0.6 is 0 Å². The summed E-state index contributed by atoms with van der Waals surface area (Å²) in [4.78, 5) is 12.1. The molecule has 1 heterocycles. The summed E-state index contributed by atoms with van der Waals surface area (Å²) < 4.78 is 0. The Hall–Kier alpha value is -1.88. The quantitative estimate of drug-likeness (QED) is 0.768. The molecule has 0 bridgehead atoms. The van der Waals surface area contributed by atoms with Crippen LogP contribution in [-0.2, 0) is 0 Å². The van der Waals surface area contributed by atoms with Gasteiger partial charge in [0.2, 0.25) is 0 Å². The molecular weight excluding hydrogens is 242 g/mol. The third-order valence-electron chi connectivity index (χ3n) is 3.58. The number of H-pyrrole nitrogens is 1. The van der Waals surface area contributed by atoms with Crippen molar-refractivity contribution in [3.8, 4) is 0 Å². The smallest absolute Gasteiger partial charge is 0.272 e. The zero-order valence-electron chi connectivity index (χ0n) is 11.2. The first-order valence-electron chi connectivity index (χ1n) is 6.53. The summed E-state index contributed by atoms with van der Waals surface area (Å²) in [5.74, 6) is -0.266. The first kappa shape index (κ1) is 13.5. The van der Waals surface area contributed by atoms with Crippen LogP contribution in [-0.4, -0.2) is 33.4 Å². The van der Waals surface area contributed by atoms with Crippen LogP contribution in [0.2, 0.25) is 0 Å². The summed E-state index contributed by atoms with van der Waals surface area (Å²) >= 11 is 0. The zero-order valence-corrected chi connectivity index (χ0v) is 11.2. The number of amides is 1. The van der Waals surface area contributed by atoms with E-state index in [0.29, 0.717) is 18.5 Å². The van der Waals surface area contributed by atoms with E-state index in [4.69, 9.17) is 0 Å². The van der Waals surface area contributed by atoms with Crippen molar-refractivity contribution in [2.24, 2.45) is 0 Å². The van der Waals surface area contributed by atoms with Crippen molar-refractivity contribution >= 4 is 16.8 Å². The fraction of sp³-hybridized carbons (Fsp3) is 0.429. The van der Waals surface area contributed by atoms with Crippen LogP contribution in [0, 0.1) is 0 Å². The van der Waals surface area contributed by atoms with Gasteiger partial charge in [0.1, 0.15) is 0 Å². The Labute approximate surface area is 112 Å². The summed E-state index contributed by atoms with van der Waals surface area (Å²) in [5.41, 5.74) is 0.348. The Bertz CT molecular complexity index is 573. The highest BCUT2D eigenvalue weighted by molar-refractivity contribution is 6.04. The van der Waals surface area contributed by atoms with Crippen molar-refractivity contribution in [1.82, 2.24) is 15.5 Å². The Morgan fingerprint density at radius 2 is 2.05 bits per heavy atom. The predicted octanol–water partition coefficient (Wildman–Crippen LogP) is 1.84. The first-order valence-corrected chi connectivity index (χ1v) is 6.53. The Morgan fingerprint density at radius 3 is 2.74 bits per heavy atom. The molecule has 0 aliphatic heterocycles. The van der Waals surface area contributed by atoms with Gasteiger partial charge in [0.15, 0.2) is 5.69 Å². The van der Waals surface area contributed by atoms with E-state index in [0.717, 1.165) is 10.9 Å².